The second kappa shape index (κ2) is 11.6. The molecular weight excluding hydrogens is 264 g/mol. The predicted molar refractivity (Wildman–Crippen MR) is 86.4 cm³/mol. The van der Waals surface area contributed by atoms with Gasteiger partial charge in [-0.15, -0.1) is 0 Å². The second-order valence-electron chi connectivity index (χ2n) is 5.75. The minimum Gasteiger partial charge on any atom is -0.481 e. The largest absolute Gasteiger partial charge is 0.481 e. The number of epoxide rings is 1. The highest BCUT2D eigenvalue weighted by Gasteiger charge is 2.36. The van der Waals surface area contributed by atoms with Crippen LogP contribution in [0.5, 0.6) is 0 Å². The fourth-order valence-electron chi connectivity index (χ4n) is 2.42. The first-order valence-electron chi connectivity index (χ1n) is 8.41. The van der Waals surface area contributed by atoms with Crippen molar-refractivity contribution in [1.82, 2.24) is 0 Å². The predicted octanol–water partition coefficient (Wildman–Crippen LogP) is 4.87. The van der Waals surface area contributed by atoms with Crippen LogP contribution in [0.25, 0.3) is 0 Å². The summed E-state index contributed by atoms with van der Waals surface area (Å²) in [7, 11) is 0. The van der Waals surface area contributed by atoms with Gasteiger partial charge in [0.25, 0.3) is 0 Å². The summed E-state index contributed by atoms with van der Waals surface area (Å²) in [4.78, 5) is 10.4. The van der Waals surface area contributed by atoms with Crippen LogP contribution < -0.4 is 0 Å². The highest BCUT2D eigenvalue weighted by molar-refractivity contribution is 5.66. The molecule has 1 aliphatic rings. The van der Waals surface area contributed by atoms with Crippen LogP contribution in [0.1, 0.15) is 71.1 Å². The van der Waals surface area contributed by atoms with Crippen molar-refractivity contribution in [1.29, 1.82) is 0 Å². The van der Waals surface area contributed by atoms with E-state index >= 15 is 0 Å². The van der Waals surface area contributed by atoms with Gasteiger partial charge in [0.15, 0.2) is 0 Å². The van der Waals surface area contributed by atoms with Crippen LogP contribution in [0.2, 0.25) is 0 Å². The van der Waals surface area contributed by atoms with Crippen LogP contribution in [-0.4, -0.2) is 23.3 Å². The van der Waals surface area contributed by atoms with E-state index in [-0.39, 0.29) is 6.42 Å². The molecule has 0 radical (unpaired) electrons. The molecule has 1 saturated heterocycles. The maximum atomic E-state index is 10.4. The van der Waals surface area contributed by atoms with Gasteiger partial charge in [0.1, 0.15) is 0 Å². The highest BCUT2D eigenvalue weighted by atomic mass is 16.6. The van der Waals surface area contributed by atoms with Crippen LogP contribution in [0.15, 0.2) is 24.3 Å². The molecule has 3 nitrogen and oxygen atoms in total. The summed E-state index contributed by atoms with van der Waals surface area (Å²) in [6.45, 7) is 2.23. The van der Waals surface area contributed by atoms with E-state index in [9.17, 15) is 4.79 Å². The molecular formula is C18H30O3. The van der Waals surface area contributed by atoms with Crippen LogP contribution in [-0.2, 0) is 9.53 Å². The van der Waals surface area contributed by atoms with Gasteiger partial charge in [-0.1, -0.05) is 44.1 Å². The van der Waals surface area contributed by atoms with Gasteiger partial charge in [0, 0.05) is 6.42 Å². The number of hydrogen-bond donors (Lipinski definition) is 1. The van der Waals surface area contributed by atoms with Crippen LogP contribution in [0.3, 0.4) is 0 Å². The molecule has 0 aliphatic carbocycles. The zero-order valence-electron chi connectivity index (χ0n) is 13.3. The number of carbonyl (C=O) groups is 1. The Morgan fingerprint density at radius 1 is 1.00 bits per heavy atom. The molecule has 2 atom stereocenters. The Kier molecular flexibility index (Phi) is 9.88. The lowest BCUT2D eigenvalue weighted by Gasteiger charge is -1.93. The maximum absolute atomic E-state index is 10.4. The molecule has 3 heteroatoms. The van der Waals surface area contributed by atoms with E-state index in [0.29, 0.717) is 12.2 Å². The number of carboxylic acid groups (broad SMARTS) is 1. The summed E-state index contributed by atoms with van der Waals surface area (Å²) in [5.74, 6) is -0.710. The van der Waals surface area contributed by atoms with Crippen molar-refractivity contribution in [2.75, 3.05) is 0 Å². The van der Waals surface area contributed by atoms with Gasteiger partial charge >= 0.3 is 5.97 Å². The van der Waals surface area contributed by atoms with E-state index < -0.39 is 5.97 Å². The Balaban J connectivity index is 1.88. The topological polar surface area (TPSA) is 49.8 Å². The normalized spacial score (nSPS) is 21.4. The molecule has 0 unspecified atom stereocenters. The first kappa shape index (κ1) is 18.0. The molecule has 0 aromatic heterocycles. The zero-order chi connectivity index (χ0) is 15.3. The van der Waals surface area contributed by atoms with Crippen LogP contribution in [0, 0.1) is 0 Å². The number of ether oxygens (including phenoxy) is 1. The first-order valence-corrected chi connectivity index (χ1v) is 8.41. The molecule has 1 rings (SSSR count). The van der Waals surface area contributed by atoms with Gasteiger partial charge in [0.05, 0.1) is 12.2 Å². The number of rotatable bonds is 13. The summed E-state index contributed by atoms with van der Waals surface area (Å²) in [6, 6.07) is 0. The monoisotopic (exact) mass is 294 g/mol. The fraction of sp³-hybridized carbons (Fsp3) is 0.722. The van der Waals surface area contributed by atoms with Gasteiger partial charge in [-0.25, -0.2) is 0 Å². The fourth-order valence-corrected chi connectivity index (χ4v) is 2.42. The minimum atomic E-state index is -0.710. The molecule has 0 aromatic carbocycles. The Bertz CT molecular complexity index is 333. The number of carboxylic acids is 1. The van der Waals surface area contributed by atoms with Gasteiger partial charge in [-0.2, -0.15) is 0 Å². The molecule has 1 heterocycles. The van der Waals surface area contributed by atoms with Crippen molar-refractivity contribution >= 4 is 5.97 Å². The third-order valence-corrected chi connectivity index (χ3v) is 3.76. The van der Waals surface area contributed by atoms with E-state index in [2.05, 4.69) is 31.2 Å². The third-order valence-electron chi connectivity index (χ3n) is 3.76. The number of aliphatic carboxylic acids is 1. The average molecular weight is 294 g/mol. The summed E-state index contributed by atoms with van der Waals surface area (Å²) in [5.41, 5.74) is 0. The summed E-state index contributed by atoms with van der Waals surface area (Å²) in [5, 5.41) is 8.56. The summed E-state index contributed by atoms with van der Waals surface area (Å²) in [6.07, 6.45) is 19.8. The Morgan fingerprint density at radius 3 is 2.43 bits per heavy atom. The molecule has 0 aromatic rings. The van der Waals surface area contributed by atoms with E-state index in [1.165, 1.54) is 25.7 Å². The van der Waals surface area contributed by atoms with Crippen molar-refractivity contribution in [3.63, 3.8) is 0 Å². The molecule has 21 heavy (non-hydrogen) atoms. The van der Waals surface area contributed by atoms with Crippen LogP contribution >= 0.6 is 0 Å². The van der Waals surface area contributed by atoms with E-state index in [1.807, 2.05) is 0 Å². The van der Waals surface area contributed by atoms with Gasteiger partial charge in [0.2, 0.25) is 0 Å². The smallest absolute Gasteiger partial charge is 0.303 e. The molecule has 1 N–H and O–H groups in total. The summed E-state index contributed by atoms with van der Waals surface area (Å²) < 4.78 is 5.54. The Labute approximate surface area is 129 Å². The number of hydrogen-bond acceptors (Lipinski definition) is 2. The lowest BCUT2D eigenvalue weighted by molar-refractivity contribution is -0.137. The molecule has 0 spiro atoms. The van der Waals surface area contributed by atoms with E-state index in [1.54, 1.807) is 0 Å². The first-order chi connectivity index (χ1) is 10.2. The van der Waals surface area contributed by atoms with Crippen molar-refractivity contribution in [3.05, 3.63) is 24.3 Å². The summed E-state index contributed by atoms with van der Waals surface area (Å²) >= 11 is 0. The van der Waals surface area contributed by atoms with E-state index in [0.717, 1.165) is 32.1 Å². The van der Waals surface area contributed by atoms with E-state index in [4.69, 9.17) is 9.84 Å². The zero-order valence-corrected chi connectivity index (χ0v) is 13.3. The number of unbranched alkanes of at least 4 members (excludes halogenated alkanes) is 3. The quantitative estimate of drug-likeness (QED) is 0.299. The Hall–Kier alpha value is -1.09. The molecule has 0 bridgehead atoms. The highest BCUT2D eigenvalue weighted by Crippen LogP contribution is 2.30. The van der Waals surface area contributed by atoms with Crippen molar-refractivity contribution in [2.24, 2.45) is 0 Å². The van der Waals surface area contributed by atoms with Crippen molar-refractivity contribution in [2.45, 2.75) is 83.3 Å². The Morgan fingerprint density at radius 2 is 1.71 bits per heavy atom. The third kappa shape index (κ3) is 10.3. The molecule has 0 saturated carbocycles. The standard InChI is InChI=1S/C18H30O3/c1-2-3-4-5-6-7-8-9-10-11-13-16-17(21-16)14-12-15-18(19)20/h6-7,9-10,16-17H,2-5,8,11-15H2,1H3,(H,19,20)/b7-6-,10-9-/t16-,17-/m1/s1. The lowest BCUT2D eigenvalue weighted by Crippen LogP contribution is -1.98. The van der Waals surface area contributed by atoms with Crippen molar-refractivity contribution < 1.29 is 14.6 Å². The molecule has 120 valence electrons. The minimum absolute atomic E-state index is 0.261. The lowest BCUT2D eigenvalue weighted by atomic mass is 10.1. The maximum Gasteiger partial charge on any atom is 0.303 e. The van der Waals surface area contributed by atoms with Gasteiger partial charge in [-0.05, 0) is 44.9 Å². The van der Waals surface area contributed by atoms with Crippen LogP contribution in [0.4, 0.5) is 0 Å². The average Bonchev–Trinajstić information content (AvgIpc) is 3.19. The van der Waals surface area contributed by atoms with Crippen molar-refractivity contribution in [3.8, 4) is 0 Å². The SMILES string of the molecule is CCCCC/C=C\C/C=C\CC[C@H]1O[C@@H]1CCCC(=O)O. The molecule has 1 fully saturated rings. The van der Waals surface area contributed by atoms with Gasteiger partial charge < -0.3 is 9.84 Å². The number of allylic oxidation sites excluding steroid dienone is 4. The molecule has 0 amide bonds. The van der Waals surface area contributed by atoms with Gasteiger partial charge in [-0.3, -0.25) is 4.79 Å². The second-order valence-corrected chi connectivity index (χ2v) is 5.75. The molecule has 1 aliphatic heterocycles.